The SMILES string of the molecule is Cc1cc(NC2CCCN(C(=O)OC(C)(C)C)C2)ncc1[N+](=O)[O-]. The number of hydrogen-bond acceptors (Lipinski definition) is 6. The molecule has 1 aromatic rings. The van der Waals surface area contributed by atoms with E-state index in [2.05, 4.69) is 10.3 Å². The molecule has 0 aliphatic carbocycles. The van der Waals surface area contributed by atoms with Crippen LogP contribution < -0.4 is 5.32 Å². The van der Waals surface area contributed by atoms with Crippen LogP contribution in [0.15, 0.2) is 12.3 Å². The monoisotopic (exact) mass is 336 g/mol. The lowest BCUT2D eigenvalue weighted by atomic mass is 10.1. The molecule has 1 aliphatic heterocycles. The molecule has 0 aromatic carbocycles. The van der Waals surface area contributed by atoms with Gasteiger partial charge in [0.1, 0.15) is 17.6 Å². The van der Waals surface area contributed by atoms with Gasteiger partial charge in [-0.1, -0.05) is 0 Å². The van der Waals surface area contributed by atoms with Crippen LogP contribution in [0.25, 0.3) is 0 Å². The second-order valence-electron chi connectivity index (χ2n) is 7.02. The van der Waals surface area contributed by atoms with Crippen LogP contribution in [0.3, 0.4) is 0 Å². The van der Waals surface area contributed by atoms with Crippen molar-refractivity contribution in [1.82, 2.24) is 9.88 Å². The molecule has 0 spiro atoms. The Hall–Kier alpha value is -2.38. The van der Waals surface area contributed by atoms with Gasteiger partial charge in [0, 0.05) is 24.7 Å². The van der Waals surface area contributed by atoms with Crippen LogP contribution in [0.2, 0.25) is 0 Å². The lowest BCUT2D eigenvalue weighted by Gasteiger charge is -2.34. The molecule has 1 unspecified atom stereocenters. The molecule has 1 aromatic heterocycles. The van der Waals surface area contributed by atoms with Crippen molar-refractivity contribution >= 4 is 17.6 Å². The number of carbonyl (C=O) groups excluding carboxylic acids is 1. The summed E-state index contributed by atoms with van der Waals surface area (Å²) in [6.07, 6.45) is 2.70. The number of ether oxygens (including phenoxy) is 1. The van der Waals surface area contributed by atoms with Crippen molar-refractivity contribution < 1.29 is 14.5 Å². The number of nitrogens with zero attached hydrogens (tertiary/aromatic N) is 3. The number of aromatic nitrogens is 1. The molecule has 1 N–H and O–H groups in total. The minimum atomic E-state index is -0.519. The number of rotatable bonds is 3. The van der Waals surface area contributed by atoms with Gasteiger partial charge in [-0.15, -0.1) is 0 Å². The summed E-state index contributed by atoms with van der Waals surface area (Å²) in [5.74, 6) is 0.578. The van der Waals surface area contributed by atoms with Crippen molar-refractivity contribution in [1.29, 1.82) is 0 Å². The number of aryl methyl sites for hydroxylation is 1. The minimum Gasteiger partial charge on any atom is -0.444 e. The molecule has 1 saturated heterocycles. The lowest BCUT2D eigenvalue weighted by molar-refractivity contribution is -0.385. The van der Waals surface area contributed by atoms with E-state index in [0.717, 1.165) is 12.8 Å². The average Bonchev–Trinajstić information content (AvgIpc) is 2.45. The lowest BCUT2D eigenvalue weighted by Crippen LogP contribution is -2.47. The molecule has 132 valence electrons. The molecular formula is C16H24N4O4. The third-order valence-electron chi connectivity index (χ3n) is 3.70. The number of anilines is 1. The first-order valence-electron chi connectivity index (χ1n) is 8.01. The summed E-state index contributed by atoms with van der Waals surface area (Å²) in [6.45, 7) is 8.39. The summed E-state index contributed by atoms with van der Waals surface area (Å²) in [6, 6.07) is 1.70. The largest absolute Gasteiger partial charge is 0.444 e. The van der Waals surface area contributed by atoms with E-state index in [9.17, 15) is 14.9 Å². The van der Waals surface area contributed by atoms with E-state index in [1.54, 1.807) is 17.9 Å². The number of likely N-dealkylation sites (tertiary alicyclic amines) is 1. The van der Waals surface area contributed by atoms with Crippen LogP contribution in [0, 0.1) is 17.0 Å². The molecule has 1 amide bonds. The Labute approximate surface area is 141 Å². The highest BCUT2D eigenvalue weighted by Gasteiger charge is 2.27. The number of amides is 1. The first-order valence-corrected chi connectivity index (χ1v) is 8.01. The zero-order chi connectivity index (χ0) is 17.9. The van der Waals surface area contributed by atoms with Gasteiger partial charge in [0.05, 0.1) is 4.92 Å². The van der Waals surface area contributed by atoms with Crippen molar-refractivity contribution in [3.05, 3.63) is 27.9 Å². The van der Waals surface area contributed by atoms with Crippen molar-refractivity contribution in [2.24, 2.45) is 0 Å². The van der Waals surface area contributed by atoms with Crippen molar-refractivity contribution in [2.45, 2.75) is 52.2 Å². The van der Waals surface area contributed by atoms with E-state index < -0.39 is 10.5 Å². The zero-order valence-electron chi connectivity index (χ0n) is 14.5. The van der Waals surface area contributed by atoms with Crippen molar-refractivity contribution in [3.8, 4) is 0 Å². The van der Waals surface area contributed by atoms with Gasteiger partial charge in [0.25, 0.3) is 5.69 Å². The Morgan fingerprint density at radius 2 is 2.21 bits per heavy atom. The van der Waals surface area contributed by atoms with Crippen molar-refractivity contribution in [2.75, 3.05) is 18.4 Å². The fraction of sp³-hybridized carbons (Fsp3) is 0.625. The van der Waals surface area contributed by atoms with Gasteiger partial charge in [-0.2, -0.15) is 0 Å². The topological polar surface area (TPSA) is 97.6 Å². The maximum Gasteiger partial charge on any atom is 0.410 e. The Morgan fingerprint density at radius 3 is 2.79 bits per heavy atom. The van der Waals surface area contributed by atoms with E-state index in [1.807, 2.05) is 20.8 Å². The number of nitro groups is 1. The van der Waals surface area contributed by atoms with Crippen LogP contribution >= 0.6 is 0 Å². The molecule has 2 rings (SSSR count). The molecule has 0 saturated carbocycles. The van der Waals surface area contributed by atoms with Gasteiger partial charge >= 0.3 is 6.09 Å². The molecule has 8 heteroatoms. The van der Waals surface area contributed by atoms with Crippen LogP contribution in [-0.4, -0.2) is 45.6 Å². The summed E-state index contributed by atoms with van der Waals surface area (Å²) in [5.41, 5.74) is 0.0333. The summed E-state index contributed by atoms with van der Waals surface area (Å²) >= 11 is 0. The third-order valence-corrected chi connectivity index (χ3v) is 3.70. The summed E-state index contributed by atoms with van der Waals surface area (Å²) < 4.78 is 5.41. The Balaban J connectivity index is 1.99. The van der Waals surface area contributed by atoms with Gasteiger partial charge in [-0.25, -0.2) is 9.78 Å². The van der Waals surface area contributed by atoms with Crippen LogP contribution in [-0.2, 0) is 4.74 Å². The highest BCUT2D eigenvalue weighted by Crippen LogP contribution is 2.22. The molecule has 2 heterocycles. The number of nitrogens with one attached hydrogen (secondary N) is 1. The molecule has 1 atom stereocenters. The average molecular weight is 336 g/mol. The highest BCUT2D eigenvalue weighted by molar-refractivity contribution is 5.68. The fourth-order valence-electron chi connectivity index (χ4n) is 2.62. The maximum absolute atomic E-state index is 12.2. The standard InChI is InChI=1S/C16H24N4O4/c1-11-8-14(17-9-13(11)20(22)23)18-12-6-5-7-19(10-12)15(21)24-16(2,3)4/h8-9,12H,5-7,10H2,1-4H3,(H,17,18). The molecule has 1 fully saturated rings. The number of hydrogen-bond donors (Lipinski definition) is 1. The Bertz CT molecular complexity index is 627. The van der Waals surface area contributed by atoms with Gasteiger partial charge in [-0.3, -0.25) is 10.1 Å². The van der Waals surface area contributed by atoms with E-state index in [0.29, 0.717) is 24.5 Å². The van der Waals surface area contributed by atoms with Crippen LogP contribution in [0.5, 0.6) is 0 Å². The first kappa shape index (κ1) is 18.0. The minimum absolute atomic E-state index is 0.000393. The smallest absolute Gasteiger partial charge is 0.410 e. The molecule has 0 bridgehead atoms. The predicted octanol–water partition coefficient (Wildman–Crippen LogP) is 3.11. The molecule has 0 radical (unpaired) electrons. The second kappa shape index (κ2) is 7.02. The van der Waals surface area contributed by atoms with E-state index >= 15 is 0 Å². The van der Waals surface area contributed by atoms with Crippen LogP contribution in [0.1, 0.15) is 39.2 Å². The van der Waals surface area contributed by atoms with Gasteiger partial charge in [0.2, 0.25) is 0 Å². The van der Waals surface area contributed by atoms with Gasteiger partial charge in [-0.05, 0) is 46.6 Å². The normalized spacial score (nSPS) is 18.2. The fourth-order valence-corrected chi connectivity index (χ4v) is 2.62. The number of carbonyl (C=O) groups is 1. The number of piperidine rings is 1. The molecule has 24 heavy (non-hydrogen) atoms. The Morgan fingerprint density at radius 1 is 1.50 bits per heavy atom. The second-order valence-corrected chi connectivity index (χ2v) is 7.02. The molecule has 1 aliphatic rings. The van der Waals surface area contributed by atoms with Crippen molar-refractivity contribution in [3.63, 3.8) is 0 Å². The third kappa shape index (κ3) is 4.81. The maximum atomic E-state index is 12.2. The van der Waals surface area contributed by atoms with E-state index in [1.165, 1.54) is 6.20 Å². The number of pyridine rings is 1. The first-order chi connectivity index (χ1) is 11.2. The predicted molar refractivity (Wildman–Crippen MR) is 90.1 cm³/mol. The Kier molecular flexibility index (Phi) is 5.26. The summed E-state index contributed by atoms with van der Waals surface area (Å²) in [7, 11) is 0. The summed E-state index contributed by atoms with van der Waals surface area (Å²) in [4.78, 5) is 28.3. The van der Waals surface area contributed by atoms with E-state index in [4.69, 9.17) is 4.74 Å². The van der Waals surface area contributed by atoms with Gasteiger partial charge in [0.15, 0.2) is 0 Å². The van der Waals surface area contributed by atoms with Gasteiger partial charge < -0.3 is 15.0 Å². The molecular weight excluding hydrogens is 312 g/mol. The van der Waals surface area contributed by atoms with Crippen LogP contribution in [0.4, 0.5) is 16.3 Å². The highest BCUT2D eigenvalue weighted by atomic mass is 16.6. The molecule has 8 nitrogen and oxygen atoms in total. The van der Waals surface area contributed by atoms with E-state index in [-0.39, 0.29) is 17.8 Å². The summed E-state index contributed by atoms with van der Waals surface area (Å²) in [5, 5.41) is 14.1. The zero-order valence-corrected chi connectivity index (χ0v) is 14.5. The quantitative estimate of drug-likeness (QED) is 0.673.